The fraction of sp³-hybridized carbons (Fsp3) is 0.417. The van der Waals surface area contributed by atoms with Crippen molar-refractivity contribution in [1.82, 2.24) is 15.2 Å². The molecule has 2 amide bonds. The predicted molar refractivity (Wildman–Crippen MR) is 80.8 cm³/mol. The number of rotatable bonds is 6. The zero-order valence-corrected chi connectivity index (χ0v) is 13.2. The fourth-order valence-corrected chi connectivity index (χ4v) is 2.68. The maximum Gasteiger partial charge on any atom is 0.323 e. The molecule has 23 heavy (non-hydrogen) atoms. The first-order valence-corrected chi connectivity index (χ1v) is 7.38. The molecule has 0 aromatic carbocycles. The van der Waals surface area contributed by atoms with E-state index in [1.165, 1.54) is 12.5 Å². The lowest BCUT2D eigenvalue weighted by Crippen LogP contribution is -2.70. The minimum atomic E-state index is -1.12. The topological polar surface area (TPSA) is 147 Å². The van der Waals surface area contributed by atoms with Gasteiger partial charge in [0.15, 0.2) is 10.8 Å². The highest BCUT2D eigenvalue weighted by Gasteiger charge is 2.46. The van der Waals surface area contributed by atoms with Crippen LogP contribution >= 0.6 is 11.3 Å². The Morgan fingerprint density at radius 3 is 2.78 bits per heavy atom. The lowest BCUT2D eigenvalue weighted by molar-refractivity contribution is -0.158. The van der Waals surface area contributed by atoms with Gasteiger partial charge in [-0.15, -0.1) is 11.3 Å². The number of nitrogens with two attached hydrogens (primary N) is 1. The summed E-state index contributed by atoms with van der Waals surface area (Å²) in [5.41, 5.74) is 5.64. The zero-order chi connectivity index (χ0) is 17.1. The van der Waals surface area contributed by atoms with E-state index >= 15 is 0 Å². The van der Waals surface area contributed by atoms with Gasteiger partial charge in [0.25, 0.3) is 5.91 Å². The molecule has 4 N–H and O–H groups in total. The maximum absolute atomic E-state index is 12.3. The number of nitrogens with one attached hydrogen (secondary N) is 1. The van der Waals surface area contributed by atoms with Crippen LogP contribution in [-0.2, 0) is 19.2 Å². The number of nitrogen functional groups attached to an aromatic ring is 1. The van der Waals surface area contributed by atoms with Crippen molar-refractivity contribution in [1.29, 1.82) is 0 Å². The molecule has 2 atom stereocenters. The van der Waals surface area contributed by atoms with E-state index in [-0.39, 0.29) is 16.5 Å². The number of aliphatic carboxylic acids is 1. The van der Waals surface area contributed by atoms with E-state index in [0.717, 1.165) is 16.2 Å². The standard InChI is InChI=1S/C12H15N5O5S/c1-5-8(11(21)17(5)3-7(18)19)15-10(20)9(16-22-2)6-4-23-12(13)14-6/h4-5,8H,3H2,1-2H3,(H2,13,14)(H,15,20)(H,18,19). The van der Waals surface area contributed by atoms with Crippen molar-refractivity contribution in [3.63, 3.8) is 0 Å². The van der Waals surface area contributed by atoms with Gasteiger partial charge in [0.1, 0.15) is 25.4 Å². The largest absolute Gasteiger partial charge is 0.480 e. The number of carbonyl (C=O) groups excluding carboxylic acids is 2. The number of aromatic nitrogens is 1. The molecule has 2 heterocycles. The number of oxime groups is 1. The SMILES string of the molecule is CON=C(C(=O)NC1C(=O)N(CC(=O)O)C1C)c1csc(N)n1. The third-order valence-corrected chi connectivity index (χ3v) is 3.95. The smallest absolute Gasteiger partial charge is 0.323 e. The summed E-state index contributed by atoms with van der Waals surface area (Å²) in [5.74, 6) is -2.24. The number of amides is 2. The van der Waals surface area contributed by atoms with Gasteiger partial charge in [0.2, 0.25) is 5.91 Å². The molecule has 1 fully saturated rings. The van der Waals surface area contributed by atoms with E-state index in [0.29, 0.717) is 0 Å². The van der Waals surface area contributed by atoms with Crippen LogP contribution in [0.2, 0.25) is 0 Å². The Morgan fingerprint density at radius 1 is 1.61 bits per heavy atom. The van der Waals surface area contributed by atoms with E-state index in [1.807, 2.05) is 0 Å². The molecule has 124 valence electrons. The Morgan fingerprint density at radius 2 is 2.30 bits per heavy atom. The van der Waals surface area contributed by atoms with Gasteiger partial charge in [-0.25, -0.2) is 4.98 Å². The lowest BCUT2D eigenvalue weighted by atomic mass is 9.96. The van der Waals surface area contributed by atoms with Gasteiger partial charge in [0.05, 0.1) is 6.04 Å². The van der Waals surface area contributed by atoms with Crippen LogP contribution in [0.5, 0.6) is 0 Å². The van der Waals surface area contributed by atoms with Crippen molar-refractivity contribution in [3.8, 4) is 0 Å². The summed E-state index contributed by atoms with van der Waals surface area (Å²) >= 11 is 1.13. The highest BCUT2D eigenvalue weighted by molar-refractivity contribution is 7.13. The monoisotopic (exact) mass is 341 g/mol. The average molecular weight is 341 g/mol. The van der Waals surface area contributed by atoms with Crippen LogP contribution in [0.3, 0.4) is 0 Å². The van der Waals surface area contributed by atoms with E-state index < -0.39 is 36.4 Å². The first-order valence-electron chi connectivity index (χ1n) is 6.50. The molecule has 0 spiro atoms. The van der Waals surface area contributed by atoms with Crippen molar-refractivity contribution >= 4 is 40.0 Å². The number of β-lactam (4-membered cyclic amide) rings is 1. The number of thiazole rings is 1. The summed E-state index contributed by atoms with van der Waals surface area (Å²) in [6, 6.07) is -1.26. The Labute approximate surface area is 134 Å². The number of carbonyl (C=O) groups is 3. The van der Waals surface area contributed by atoms with Crippen LogP contribution in [-0.4, -0.2) is 64.2 Å². The molecule has 0 radical (unpaired) electrons. The van der Waals surface area contributed by atoms with Gasteiger partial charge in [-0.05, 0) is 6.92 Å². The molecule has 2 rings (SSSR count). The summed E-state index contributed by atoms with van der Waals surface area (Å²) in [4.78, 5) is 44.6. The van der Waals surface area contributed by atoms with Gasteiger partial charge in [0, 0.05) is 5.38 Å². The molecule has 10 nitrogen and oxygen atoms in total. The Hall–Kier alpha value is -2.69. The molecular formula is C12H15N5O5S. The number of hydrogen-bond acceptors (Lipinski definition) is 8. The van der Waals surface area contributed by atoms with Crippen molar-refractivity contribution < 1.29 is 24.3 Å². The number of carboxylic acids is 1. The summed E-state index contributed by atoms with van der Waals surface area (Å²) in [6.07, 6.45) is 0. The molecule has 1 saturated heterocycles. The Kier molecular flexibility index (Phi) is 4.79. The summed E-state index contributed by atoms with van der Waals surface area (Å²) in [6.45, 7) is 1.23. The van der Waals surface area contributed by atoms with Crippen LogP contribution in [0.15, 0.2) is 10.5 Å². The van der Waals surface area contributed by atoms with E-state index in [1.54, 1.807) is 6.92 Å². The molecule has 0 aliphatic carbocycles. The fourth-order valence-electron chi connectivity index (χ4n) is 2.14. The van der Waals surface area contributed by atoms with Crippen molar-refractivity contribution in [2.24, 2.45) is 5.16 Å². The molecule has 0 bridgehead atoms. The van der Waals surface area contributed by atoms with Gasteiger partial charge >= 0.3 is 5.97 Å². The van der Waals surface area contributed by atoms with Gasteiger partial charge < -0.3 is 25.9 Å². The normalized spacial score (nSPS) is 20.9. The molecule has 1 aliphatic heterocycles. The molecular weight excluding hydrogens is 326 g/mol. The molecule has 1 aliphatic rings. The number of carboxylic acid groups (broad SMARTS) is 1. The summed E-state index contributed by atoms with van der Waals surface area (Å²) in [7, 11) is 1.27. The summed E-state index contributed by atoms with van der Waals surface area (Å²) < 4.78 is 0. The van der Waals surface area contributed by atoms with Crippen molar-refractivity contribution in [2.45, 2.75) is 19.0 Å². The van der Waals surface area contributed by atoms with Crippen LogP contribution in [0.1, 0.15) is 12.6 Å². The lowest BCUT2D eigenvalue weighted by Gasteiger charge is -2.44. The second kappa shape index (κ2) is 6.60. The first-order chi connectivity index (χ1) is 10.8. The first kappa shape index (κ1) is 16.7. The van der Waals surface area contributed by atoms with Crippen molar-refractivity contribution in [2.75, 3.05) is 19.4 Å². The second-order valence-corrected chi connectivity index (χ2v) is 5.63. The van der Waals surface area contributed by atoms with Crippen LogP contribution in [0, 0.1) is 0 Å². The maximum atomic E-state index is 12.3. The van der Waals surface area contributed by atoms with E-state index in [4.69, 9.17) is 10.8 Å². The van der Waals surface area contributed by atoms with Gasteiger partial charge in [-0.1, -0.05) is 5.16 Å². The van der Waals surface area contributed by atoms with E-state index in [9.17, 15) is 14.4 Å². The highest BCUT2D eigenvalue weighted by Crippen LogP contribution is 2.20. The number of hydrogen-bond donors (Lipinski definition) is 3. The minimum absolute atomic E-state index is 0.114. The predicted octanol–water partition coefficient (Wildman–Crippen LogP) is -1.12. The molecule has 1 aromatic heterocycles. The Balaban J connectivity index is 2.07. The number of likely N-dealkylation sites (tertiary alicyclic amines) is 1. The third-order valence-electron chi connectivity index (χ3n) is 3.28. The van der Waals surface area contributed by atoms with Crippen molar-refractivity contribution in [3.05, 3.63) is 11.1 Å². The number of anilines is 1. The van der Waals surface area contributed by atoms with E-state index in [2.05, 4.69) is 20.3 Å². The average Bonchev–Trinajstić information content (AvgIpc) is 2.93. The zero-order valence-electron chi connectivity index (χ0n) is 12.3. The van der Waals surface area contributed by atoms with Crippen LogP contribution < -0.4 is 11.1 Å². The molecule has 2 unspecified atom stereocenters. The molecule has 11 heteroatoms. The quantitative estimate of drug-likeness (QED) is 0.337. The molecule has 1 aromatic rings. The van der Waals surface area contributed by atoms with Gasteiger partial charge in [-0.2, -0.15) is 0 Å². The van der Waals surface area contributed by atoms with Crippen LogP contribution in [0.25, 0.3) is 0 Å². The minimum Gasteiger partial charge on any atom is -0.480 e. The second-order valence-electron chi connectivity index (χ2n) is 4.75. The number of nitrogens with zero attached hydrogens (tertiary/aromatic N) is 3. The molecule has 0 saturated carbocycles. The van der Waals surface area contributed by atoms with Crippen LogP contribution in [0.4, 0.5) is 5.13 Å². The Bertz CT molecular complexity index is 673. The highest BCUT2D eigenvalue weighted by atomic mass is 32.1. The van der Waals surface area contributed by atoms with Gasteiger partial charge in [-0.3, -0.25) is 14.4 Å². The summed E-state index contributed by atoms with van der Waals surface area (Å²) in [5, 5.41) is 16.6. The third kappa shape index (κ3) is 3.39.